The first-order chi connectivity index (χ1) is 10.5. The maximum atomic E-state index is 12.2. The molecule has 0 saturated heterocycles. The zero-order valence-electron chi connectivity index (χ0n) is 11.7. The van der Waals surface area contributed by atoms with Gasteiger partial charge in [-0.15, -0.1) is 0 Å². The molecule has 7 heteroatoms. The van der Waals surface area contributed by atoms with Crippen molar-refractivity contribution < 1.29 is 13.2 Å². The van der Waals surface area contributed by atoms with Crippen LogP contribution in [0.2, 0.25) is 0 Å². The van der Waals surface area contributed by atoms with Gasteiger partial charge in [0.25, 0.3) is 15.9 Å². The summed E-state index contributed by atoms with van der Waals surface area (Å²) in [6.07, 6.45) is 0. The SMILES string of the molecule is CNC(=O)c1ccc(NS(=O)(=O)c2ccc(C#N)cc2)cc1. The second-order valence-corrected chi connectivity index (χ2v) is 6.08. The number of hydrogen-bond donors (Lipinski definition) is 2. The van der Waals surface area contributed by atoms with Gasteiger partial charge in [0.15, 0.2) is 0 Å². The molecular formula is C15H13N3O3S. The van der Waals surface area contributed by atoms with Crippen LogP contribution in [0.15, 0.2) is 53.4 Å². The predicted molar refractivity (Wildman–Crippen MR) is 81.8 cm³/mol. The molecule has 0 atom stereocenters. The van der Waals surface area contributed by atoms with Gasteiger partial charge in [0.2, 0.25) is 0 Å². The quantitative estimate of drug-likeness (QED) is 0.897. The van der Waals surface area contributed by atoms with Gasteiger partial charge in [-0.3, -0.25) is 9.52 Å². The summed E-state index contributed by atoms with van der Waals surface area (Å²) < 4.78 is 26.8. The summed E-state index contributed by atoms with van der Waals surface area (Å²) in [5.74, 6) is -0.249. The van der Waals surface area contributed by atoms with Crippen molar-refractivity contribution in [1.29, 1.82) is 5.26 Å². The molecule has 0 aliphatic rings. The van der Waals surface area contributed by atoms with Gasteiger partial charge in [-0.05, 0) is 48.5 Å². The van der Waals surface area contributed by atoms with E-state index in [1.807, 2.05) is 6.07 Å². The molecule has 6 nitrogen and oxygen atoms in total. The fourth-order valence-electron chi connectivity index (χ4n) is 1.76. The first kappa shape index (κ1) is 15.5. The number of benzene rings is 2. The van der Waals surface area contributed by atoms with Crippen LogP contribution in [0, 0.1) is 11.3 Å². The van der Waals surface area contributed by atoms with Crippen LogP contribution in [0.5, 0.6) is 0 Å². The van der Waals surface area contributed by atoms with Crippen molar-refractivity contribution in [3.8, 4) is 6.07 Å². The molecule has 0 radical (unpaired) electrons. The van der Waals surface area contributed by atoms with E-state index in [1.54, 1.807) is 0 Å². The molecule has 0 unspecified atom stereocenters. The smallest absolute Gasteiger partial charge is 0.261 e. The molecule has 2 rings (SSSR count). The molecule has 0 aromatic heterocycles. The standard InChI is InChI=1S/C15H13N3O3S/c1-17-15(19)12-4-6-13(7-5-12)18-22(20,21)14-8-2-11(10-16)3-9-14/h2-9,18H,1H3,(H,17,19). The van der Waals surface area contributed by atoms with Gasteiger partial charge in [0.05, 0.1) is 16.5 Å². The number of nitrogens with zero attached hydrogens (tertiary/aromatic N) is 1. The lowest BCUT2D eigenvalue weighted by Crippen LogP contribution is -2.18. The Morgan fingerprint density at radius 3 is 2.14 bits per heavy atom. The number of carbonyl (C=O) groups is 1. The van der Waals surface area contributed by atoms with Gasteiger partial charge < -0.3 is 5.32 Å². The lowest BCUT2D eigenvalue weighted by Gasteiger charge is -2.08. The number of nitrogens with one attached hydrogen (secondary N) is 2. The summed E-state index contributed by atoms with van der Waals surface area (Å²) in [7, 11) is -2.22. The summed E-state index contributed by atoms with van der Waals surface area (Å²) >= 11 is 0. The second kappa shape index (κ2) is 6.28. The van der Waals surface area contributed by atoms with Crippen LogP contribution in [-0.4, -0.2) is 21.4 Å². The van der Waals surface area contributed by atoms with Crippen LogP contribution in [0.4, 0.5) is 5.69 Å². The van der Waals surface area contributed by atoms with Crippen LogP contribution < -0.4 is 10.0 Å². The van der Waals surface area contributed by atoms with Crippen molar-refractivity contribution in [2.75, 3.05) is 11.8 Å². The van der Waals surface area contributed by atoms with E-state index in [0.717, 1.165) is 0 Å². The molecule has 0 spiro atoms. The topological polar surface area (TPSA) is 99.1 Å². The lowest BCUT2D eigenvalue weighted by atomic mass is 10.2. The highest BCUT2D eigenvalue weighted by Crippen LogP contribution is 2.17. The minimum atomic E-state index is -3.74. The molecule has 0 aliphatic carbocycles. The third-order valence-electron chi connectivity index (χ3n) is 2.92. The largest absolute Gasteiger partial charge is 0.355 e. The van der Waals surface area contributed by atoms with Crippen molar-refractivity contribution in [3.63, 3.8) is 0 Å². The Labute approximate surface area is 128 Å². The molecule has 2 N–H and O–H groups in total. The van der Waals surface area contributed by atoms with Crippen molar-refractivity contribution >= 4 is 21.6 Å². The van der Waals surface area contributed by atoms with E-state index in [-0.39, 0.29) is 10.8 Å². The summed E-state index contributed by atoms with van der Waals surface area (Å²) in [5, 5.41) is 11.2. The van der Waals surface area contributed by atoms with E-state index >= 15 is 0 Å². The molecule has 0 aliphatic heterocycles. The average molecular weight is 315 g/mol. The zero-order chi connectivity index (χ0) is 16.2. The number of amides is 1. The molecule has 2 aromatic rings. The van der Waals surface area contributed by atoms with E-state index in [9.17, 15) is 13.2 Å². The third kappa shape index (κ3) is 3.42. The van der Waals surface area contributed by atoms with E-state index < -0.39 is 10.0 Å². The van der Waals surface area contributed by atoms with Crippen LogP contribution in [0.1, 0.15) is 15.9 Å². The number of anilines is 1. The Bertz CT molecular complexity index is 820. The third-order valence-corrected chi connectivity index (χ3v) is 4.32. The molecule has 0 heterocycles. The normalized spacial score (nSPS) is 10.5. The predicted octanol–water partition coefficient (Wildman–Crippen LogP) is 1.72. The van der Waals surface area contributed by atoms with E-state index in [0.29, 0.717) is 16.8 Å². The number of carbonyl (C=O) groups excluding carboxylic acids is 1. The van der Waals surface area contributed by atoms with Crippen LogP contribution >= 0.6 is 0 Å². The minimum absolute atomic E-state index is 0.0573. The van der Waals surface area contributed by atoms with Gasteiger partial charge in [-0.1, -0.05) is 0 Å². The van der Waals surface area contributed by atoms with Crippen molar-refractivity contribution in [3.05, 3.63) is 59.7 Å². The summed E-state index contributed by atoms with van der Waals surface area (Å²) in [4.78, 5) is 11.5. The Morgan fingerprint density at radius 1 is 1.05 bits per heavy atom. The van der Waals surface area contributed by atoms with E-state index in [1.165, 1.54) is 55.6 Å². The molecule has 112 valence electrons. The molecule has 1 amide bonds. The minimum Gasteiger partial charge on any atom is -0.355 e. The van der Waals surface area contributed by atoms with Gasteiger partial charge in [0.1, 0.15) is 0 Å². The fraction of sp³-hybridized carbons (Fsp3) is 0.0667. The summed E-state index contributed by atoms with van der Waals surface area (Å²) in [5.41, 5.74) is 1.16. The zero-order valence-corrected chi connectivity index (χ0v) is 12.5. The number of hydrogen-bond acceptors (Lipinski definition) is 4. The van der Waals surface area contributed by atoms with Crippen molar-refractivity contribution in [1.82, 2.24) is 5.32 Å². The molecule has 2 aromatic carbocycles. The molecular weight excluding hydrogens is 302 g/mol. The van der Waals surface area contributed by atoms with Crippen molar-refractivity contribution in [2.24, 2.45) is 0 Å². The first-order valence-electron chi connectivity index (χ1n) is 6.31. The summed E-state index contributed by atoms with van der Waals surface area (Å²) in [6, 6.07) is 13.6. The Hall–Kier alpha value is -2.85. The van der Waals surface area contributed by atoms with Crippen LogP contribution in [0.3, 0.4) is 0 Å². The molecule has 0 saturated carbocycles. The molecule has 0 bridgehead atoms. The van der Waals surface area contributed by atoms with E-state index in [2.05, 4.69) is 10.0 Å². The van der Waals surface area contributed by atoms with E-state index in [4.69, 9.17) is 5.26 Å². The monoisotopic (exact) mass is 315 g/mol. The Morgan fingerprint density at radius 2 is 1.64 bits per heavy atom. The Kier molecular flexibility index (Phi) is 4.44. The van der Waals surface area contributed by atoms with Gasteiger partial charge >= 0.3 is 0 Å². The average Bonchev–Trinajstić information content (AvgIpc) is 2.54. The highest BCUT2D eigenvalue weighted by Gasteiger charge is 2.14. The van der Waals surface area contributed by atoms with Gasteiger partial charge in [0, 0.05) is 18.3 Å². The first-order valence-corrected chi connectivity index (χ1v) is 7.80. The van der Waals surface area contributed by atoms with Crippen molar-refractivity contribution in [2.45, 2.75) is 4.90 Å². The lowest BCUT2D eigenvalue weighted by molar-refractivity contribution is 0.0963. The summed E-state index contributed by atoms with van der Waals surface area (Å²) in [6.45, 7) is 0. The number of rotatable bonds is 4. The molecule has 0 fully saturated rings. The number of sulfonamides is 1. The van der Waals surface area contributed by atoms with Crippen LogP contribution in [-0.2, 0) is 10.0 Å². The molecule has 22 heavy (non-hydrogen) atoms. The second-order valence-electron chi connectivity index (χ2n) is 4.40. The highest BCUT2D eigenvalue weighted by molar-refractivity contribution is 7.92. The highest BCUT2D eigenvalue weighted by atomic mass is 32.2. The maximum Gasteiger partial charge on any atom is 0.261 e. The number of nitriles is 1. The van der Waals surface area contributed by atoms with Gasteiger partial charge in [-0.2, -0.15) is 5.26 Å². The fourth-order valence-corrected chi connectivity index (χ4v) is 2.82. The Balaban J connectivity index is 2.21. The van der Waals surface area contributed by atoms with Gasteiger partial charge in [-0.25, -0.2) is 8.42 Å². The maximum absolute atomic E-state index is 12.2. The van der Waals surface area contributed by atoms with Crippen LogP contribution in [0.25, 0.3) is 0 Å².